The van der Waals surface area contributed by atoms with Crippen molar-refractivity contribution in [2.45, 2.75) is 19.6 Å². The second-order valence-corrected chi connectivity index (χ2v) is 5.56. The Morgan fingerprint density at radius 2 is 1.68 bits per heavy atom. The summed E-state index contributed by atoms with van der Waals surface area (Å²) in [5, 5.41) is 2.20. The fourth-order valence-electron chi connectivity index (χ4n) is 2.22. The summed E-state index contributed by atoms with van der Waals surface area (Å²) >= 11 is 0. The van der Waals surface area contributed by atoms with Gasteiger partial charge in [-0.1, -0.05) is 12.1 Å². The van der Waals surface area contributed by atoms with Crippen LogP contribution in [0.15, 0.2) is 48.5 Å². The number of amides is 1. The average Bonchev–Trinajstić information content (AvgIpc) is 2.66. The van der Waals surface area contributed by atoms with Crippen molar-refractivity contribution in [1.29, 1.82) is 0 Å². The first-order chi connectivity index (χ1) is 13.3. The lowest BCUT2D eigenvalue weighted by Gasteiger charge is -2.13. The van der Waals surface area contributed by atoms with E-state index in [1.165, 1.54) is 49.4 Å². The SMILES string of the molecule is C[C@@H](OC(=O)CNC(=O)c1ccccc1F)C(=O)c1ccc(OC(F)F)cc1. The van der Waals surface area contributed by atoms with Gasteiger partial charge < -0.3 is 14.8 Å². The molecular weight excluding hydrogens is 379 g/mol. The molecule has 0 aromatic heterocycles. The Morgan fingerprint density at radius 3 is 2.29 bits per heavy atom. The van der Waals surface area contributed by atoms with Crippen molar-refractivity contribution < 1.29 is 37.0 Å². The maximum absolute atomic E-state index is 13.5. The van der Waals surface area contributed by atoms with Crippen LogP contribution in [-0.4, -0.2) is 36.9 Å². The largest absolute Gasteiger partial charge is 0.453 e. The number of Topliss-reactive ketones (excluding diaryl/α,β-unsaturated/α-hetero) is 1. The van der Waals surface area contributed by atoms with Crippen molar-refractivity contribution in [2.24, 2.45) is 0 Å². The molecule has 1 N–H and O–H groups in total. The standard InChI is InChI=1S/C19H16F3NO5/c1-11(17(25)12-6-8-13(9-7-12)28-19(21)22)27-16(24)10-23-18(26)14-4-2-3-5-15(14)20/h2-9,11,19H,10H2,1H3,(H,23,26)/t11-/m1/s1. The number of ketones is 1. The highest BCUT2D eigenvalue weighted by molar-refractivity contribution is 6.00. The third-order valence-corrected chi connectivity index (χ3v) is 3.55. The van der Waals surface area contributed by atoms with Gasteiger partial charge in [0, 0.05) is 5.56 Å². The predicted octanol–water partition coefficient (Wildman–Crippen LogP) is 2.97. The second kappa shape index (κ2) is 9.54. The smallest absolute Gasteiger partial charge is 0.387 e. The highest BCUT2D eigenvalue weighted by atomic mass is 19.3. The number of nitrogens with one attached hydrogen (secondary N) is 1. The van der Waals surface area contributed by atoms with Crippen LogP contribution >= 0.6 is 0 Å². The summed E-state index contributed by atoms with van der Waals surface area (Å²) < 4.78 is 46.8. The first kappa shape index (κ1) is 20.9. The number of alkyl halides is 2. The molecule has 0 spiro atoms. The van der Waals surface area contributed by atoms with E-state index in [1.54, 1.807) is 0 Å². The summed E-state index contributed by atoms with van der Waals surface area (Å²) in [5.41, 5.74) is -0.108. The van der Waals surface area contributed by atoms with E-state index >= 15 is 0 Å². The molecule has 1 atom stereocenters. The monoisotopic (exact) mass is 395 g/mol. The second-order valence-electron chi connectivity index (χ2n) is 5.56. The van der Waals surface area contributed by atoms with Crippen LogP contribution in [0.3, 0.4) is 0 Å². The number of hydrogen-bond acceptors (Lipinski definition) is 5. The quantitative estimate of drug-likeness (QED) is 0.549. The Balaban J connectivity index is 1.86. The maximum atomic E-state index is 13.5. The molecule has 0 aliphatic heterocycles. The van der Waals surface area contributed by atoms with E-state index < -0.39 is 42.7 Å². The number of esters is 1. The van der Waals surface area contributed by atoms with Gasteiger partial charge in [-0.15, -0.1) is 0 Å². The van der Waals surface area contributed by atoms with Gasteiger partial charge in [-0.3, -0.25) is 14.4 Å². The van der Waals surface area contributed by atoms with Gasteiger partial charge in [0.25, 0.3) is 5.91 Å². The Morgan fingerprint density at radius 1 is 1.04 bits per heavy atom. The molecule has 148 valence electrons. The molecule has 2 aromatic carbocycles. The van der Waals surface area contributed by atoms with Crippen LogP contribution in [0, 0.1) is 5.82 Å². The van der Waals surface area contributed by atoms with Gasteiger partial charge >= 0.3 is 12.6 Å². The molecule has 0 bridgehead atoms. The molecule has 0 saturated heterocycles. The molecule has 0 fully saturated rings. The molecule has 2 aromatic rings. The molecule has 0 saturated carbocycles. The molecule has 6 nitrogen and oxygen atoms in total. The van der Waals surface area contributed by atoms with E-state index in [0.29, 0.717) is 0 Å². The van der Waals surface area contributed by atoms with Gasteiger partial charge in [-0.25, -0.2) is 4.39 Å². The summed E-state index contributed by atoms with van der Waals surface area (Å²) in [6.07, 6.45) is -1.18. The Hall–Kier alpha value is -3.36. The first-order valence-corrected chi connectivity index (χ1v) is 8.09. The van der Waals surface area contributed by atoms with Crippen molar-refractivity contribution >= 4 is 17.7 Å². The minimum Gasteiger partial charge on any atom is -0.453 e. The summed E-state index contributed by atoms with van der Waals surface area (Å²) in [6, 6.07) is 10.1. The molecule has 28 heavy (non-hydrogen) atoms. The van der Waals surface area contributed by atoms with Gasteiger partial charge in [0.05, 0.1) is 5.56 Å². The maximum Gasteiger partial charge on any atom is 0.387 e. The van der Waals surface area contributed by atoms with Gasteiger partial charge in [-0.2, -0.15) is 8.78 Å². The zero-order chi connectivity index (χ0) is 20.7. The number of hydrogen-bond donors (Lipinski definition) is 1. The van der Waals surface area contributed by atoms with Crippen molar-refractivity contribution in [3.63, 3.8) is 0 Å². The van der Waals surface area contributed by atoms with E-state index in [9.17, 15) is 27.6 Å². The van der Waals surface area contributed by atoms with Crippen LogP contribution in [0.4, 0.5) is 13.2 Å². The molecule has 0 unspecified atom stereocenters. The van der Waals surface area contributed by atoms with Crippen LogP contribution in [0.5, 0.6) is 5.75 Å². The molecule has 2 rings (SSSR count). The molecule has 0 heterocycles. The van der Waals surface area contributed by atoms with Gasteiger partial charge in [0.1, 0.15) is 18.1 Å². The molecule has 1 amide bonds. The number of halogens is 3. The number of benzene rings is 2. The van der Waals surface area contributed by atoms with E-state index in [4.69, 9.17) is 4.74 Å². The van der Waals surface area contributed by atoms with E-state index in [1.807, 2.05) is 0 Å². The predicted molar refractivity (Wildman–Crippen MR) is 91.7 cm³/mol. The lowest BCUT2D eigenvalue weighted by molar-refractivity contribution is -0.145. The van der Waals surface area contributed by atoms with Crippen molar-refractivity contribution in [3.8, 4) is 5.75 Å². The summed E-state index contributed by atoms with van der Waals surface area (Å²) in [7, 11) is 0. The third-order valence-electron chi connectivity index (χ3n) is 3.55. The van der Waals surface area contributed by atoms with Crippen LogP contribution in [0.2, 0.25) is 0 Å². The molecule has 0 radical (unpaired) electrons. The fourth-order valence-corrected chi connectivity index (χ4v) is 2.22. The van der Waals surface area contributed by atoms with Crippen LogP contribution in [0.25, 0.3) is 0 Å². The molecule has 0 aliphatic rings. The number of carbonyl (C=O) groups is 3. The highest BCUT2D eigenvalue weighted by Gasteiger charge is 2.20. The lowest BCUT2D eigenvalue weighted by atomic mass is 10.1. The van der Waals surface area contributed by atoms with Gasteiger partial charge in [-0.05, 0) is 43.3 Å². The lowest BCUT2D eigenvalue weighted by Crippen LogP contribution is -2.34. The molecular formula is C19H16F3NO5. The van der Waals surface area contributed by atoms with Crippen LogP contribution in [-0.2, 0) is 9.53 Å². The van der Waals surface area contributed by atoms with E-state index in [0.717, 1.165) is 6.07 Å². The van der Waals surface area contributed by atoms with E-state index in [-0.39, 0.29) is 16.9 Å². The van der Waals surface area contributed by atoms with Crippen molar-refractivity contribution in [1.82, 2.24) is 5.32 Å². The van der Waals surface area contributed by atoms with E-state index in [2.05, 4.69) is 10.1 Å². The highest BCUT2D eigenvalue weighted by Crippen LogP contribution is 2.16. The van der Waals surface area contributed by atoms with Crippen LogP contribution < -0.4 is 10.1 Å². The van der Waals surface area contributed by atoms with Crippen LogP contribution in [0.1, 0.15) is 27.6 Å². The van der Waals surface area contributed by atoms with Crippen molar-refractivity contribution in [3.05, 3.63) is 65.5 Å². The normalized spacial score (nSPS) is 11.6. The summed E-state index contributed by atoms with van der Waals surface area (Å²) in [4.78, 5) is 35.8. The first-order valence-electron chi connectivity index (χ1n) is 8.09. The number of carbonyl (C=O) groups excluding carboxylic acids is 3. The minimum absolute atomic E-state index is 0.118. The molecule has 0 aliphatic carbocycles. The zero-order valence-corrected chi connectivity index (χ0v) is 14.7. The van der Waals surface area contributed by atoms with Crippen molar-refractivity contribution in [2.75, 3.05) is 6.54 Å². The minimum atomic E-state index is -2.99. The Bertz CT molecular complexity index is 855. The number of ether oxygens (including phenoxy) is 2. The van der Waals surface area contributed by atoms with Gasteiger partial charge in [0.15, 0.2) is 6.10 Å². The summed E-state index contributed by atoms with van der Waals surface area (Å²) in [5.74, 6) is -3.13. The van der Waals surface area contributed by atoms with Gasteiger partial charge in [0.2, 0.25) is 5.78 Å². The molecule has 9 heteroatoms. The average molecular weight is 395 g/mol. The Labute approximate surface area is 158 Å². The fraction of sp³-hybridized carbons (Fsp3) is 0.211. The number of rotatable bonds is 8. The zero-order valence-electron chi connectivity index (χ0n) is 14.7. The summed E-state index contributed by atoms with van der Waals surface area (Å²) in [6.45, 7) is -2.23. The third kappa shape index (κ3) is 5.83. The Kier molecular flexibility index (Phi) is 7.14. The topological polar surface area (TPSA) is 81.7 Å².